The van der Waals surface area contributed by atoms with Crippen LogP contribution < -0.4 is 0 Å². The van der Waals surface area contributed by atoms with Crippen molar-refractivity contribution in [2.75, 3.05) is 39.4 Å². The lowest BCUT2D eigenvalue weighted by atomic mass is 10.2. The van der Waals surface area contributed by atoms with Crippen LogP contribution in [0.4, 0.5) is 0 Å². The standard InChI is InChI=1S/C11H20N2O2S/c1-9(12-2-4-15-5-3-12)7-13-8-10(16)6-11(13)14/h9-10,16H,2-8H2,1H3. The van der Waals surface area contributed by atoms with Crippen LogP contribution in [0.1, 0.15) is 13.3 Å². The van der Waals surface area contributed by atoms with E-state index in [4.69, 9.17) is 4.74 Å². The number of hydrogen-bond donors (Lipinski definition) is 1. The van der Waals surface area contributed by atoms with Crippen molar-refractivity contribution in [3.63, 3.8) is 0 Å². The molecule has 0 aromatic carbocycles. The number of nitrogens with zero attached hydrogens (tertiary/aromatic N) is 2. The van der Waals surface area contributed by atoms with E-state index >= 15 is 0 Å². The van der Waals surface area contributed by atoms with Crippen LogP contribution in [0.5, 0.6) is 0 Å². The fourth-order valence-corrected chi connectivity index (χ4v) is 2.73. The molecule has 0 aromatic rings. The minimum Gasteiger partial charge on any atom is -0.379 e. The van der Waals surface area contributed by atoms with Crippen LogP contribution in [-0.4, -0.2) is 66.4 Å². The zero-order valence-corrected chi connectivity index (χ0v) is 10.7. The van der Waals surface area contributed by atoms with Gasteiger partial charge in [0.15, 0.2) is 0 Å². The maximum absolute atomic E-state index is 11.6. The Labute approximate surface area is 102 Å². The molecule has 16 heavy (non-hydrogen) atoms. The van der Waals surface area contributed by atoms with Gasteiger partial charge < -0.3 is 9.64 Å². The molecule has 5 heteroatoms. The summed E-state index contributed by atoms with van der Waals surface area (Å²) in [6.07, 6.45) is 0.596. The van der Waals surface area contributed by atoms with Gasteiger partial charge in [0.25, 0.3) is 0 Å². The molecule has 1 amide bonds. The highest BCUT2D eigenvalue weighted by Gasteiger charge is 2.29. The topological polar surface area (TPSA) is 32.8 Å². The summed E-state index contributed by atoms with van der Waals surface area (Å²) < 4.78 is 5.32. The number of amides is 1. The third-order valence-corrected chi connectivity index (χ3v) is 3.69. The van der Waals surface area contributed by atoms with Gasteiger partial charge in [-0.15, -0.1) is 0 Å². The van der Waals surface area contributed by atoms with Crippen molar-refractivity contribution >= 4 is 18.5 Å². The molecular formula is C11H20N2O2S. The maximum Gasteiger partial charge on any atom is 0.223 e. The van der Waals surface area contributed by atoms with Gasteiger partial charge >= 0.3 is 0 Å². The summed E-state index contributed by atoms with van der Waals surface area (Å²) in [5.74, 6) is 0.250. The Bertz CT molecular complexity index is 256. The van der Waals surface area contributed by atoms with E-state index in [-0.39, 0.29) is 11.2 Å². The summed E-state index contributed by atoms with van der Waals surface area (Å²) in [6, 6.07) is 0.423. The number of rotatable bonds is 3. The Morgan fingerprint density at radius 2 is 2.19 bits per heavy atom. The Hall–Kier alpha value is -0.260. The van der Waals surface area contributed by atoms with E-state index in [0.29, 0.717) is 12.5 Å². The van der Waals surface area contributed by atoms with E-state index in [1.54, 1.807) is 0 Å². The molecule has 2 heterocycles. The smallest absolute Gasteiger partial charge is 0.223 e. The fourth-order valence-electron chi connectivity index (χ4n) is 2.38. The number of carbonyl (C=O) groups is 1. The Kier molecular flexibility index (Phi) is 4.10. The molecule has 92 valence electrons. The molecule has 0 aliphatic carbocycles. The summed E-state index contributed by atoms with van der Waals surface area (Å²) in [7, 11) is 0. The lowest BCUT2D eigenvalue weighted by Gasteiger charge is -2.34. The van der Waals surface area contributed by atoms with Crippen LogP contribution in [0.3, 0.4) is 0 Å². The number of hydrogen-bond acceptors (Lipinski definition) is 4. The molecule has 0 aromatic heterocycles. The molecule has 0 spiro atoms. The van der Waals surface area contributed by atoms with Crippen LogP contribution in [0.2, 0.25) is 0 Å². The molecule has 4 nitrogen and oxygen atoms in total. The second-order valence-electron chi connectivity index (χ2n) is 4.65. The third kappa shape index (κ3) is 2.90. The van der Waals surface area contributed by atoms with Crippen molar-refractivity contribution in [1.29, 1.82) is 0 Å². The first kappa shape index (κ1) is 12.2. The number of likely N-dealkylation sites (tertiary alicyclic amines) is 1. The van der Waals surface area contributed by atoms with Crippen LogP contribution in [-0.2, 0) is 9.53 Å². The minimum absolute atomic E-state index is 0.226. The normalized spacial score (nSPS) is 29.8. The quantitative estimate of drug-likeness (QED) is 0.722. The van der Waals surface area contributed by atoms with Gasteiger partial charge in [0, 0.05) is 43.9 Å². The molecule has 2 rings (SSSR count). The summed E-state index contributed by atoms with van der Waals surface area (Å²) in [4.78, 5) is 16.0. The Morgan fingerprint density at radius 3 is 2.75 bits per heavy atom. The van der Waals surface area contributed by atoms with Crippen LogP contribution in [0.15, 0.2) is 0 Å². The van der Waals surface area contributed by atoms with Crippen LogP contribution in [0, 0.1) is 0 Å². The van der Waals surface area contributed by atoms with E-state index < -0.39 is 0 Å². The minimum atomic E-state index is 0.226. The third-order valence-electron chi connectivity index (χ3n) is 3.35. The number of ether oxygens (including phenoxy) is 1. The van der Waals surface area contributed by atoms with Crippen molar-refractivity contribution in [1.82, 2.24) is 9.80 Å². The average molecular weight is 244 g/mol. The number of carbonyl (C=O) groups excluding carboxylic acids is 1. The van der Waals surface area contributed by atoms with Crippen molar-refractivity contribution in [2.45, 2.75) is 24.6 Å². The van der Waals surface area contributed by atoms with E-state index in [0.717, 1.165) is 39.4 Å². The van der Waals surface area contributed by atoms with Crippen molar-refractivity contribution < 1.29 is 9.53 Å². The van der Waals surface area contributed by atoms with Crippen molar-refractivity contribution in [3.8, 4) is 0 Å². The summed E-state index contributed by atoms with van der Waals surface area (Å²) in [6.45, 7) is 7.40. The number of thiol groups is 1. The van der Waals surface area contributed by atoms with Gasteiger partial charge in [-0.2, -0.15) is 12.6 Å². The van der Waals surface area contributed by atoms with Crippen LogP contribution >= 0.6 is 12.6 Å². The largest absolute Gasteiger partial charge is 0.379 e. The van der Waals surface area contributed by atoms with E-state index in [2.05, 4.69) is 24.5 Å². The molecule has 0 saturated carbocycles. The summed E-state index contributed by atoms with van der Waals surface area (Å²) >= 11 is 4.36. The zero-order chi connectivity index (χ0) is 11.5. The first-order chi connectivity index (χ1) is 7.66. The van der Waals surface area contributed by atoms with Gasteiger partial charge in [-0.05, 0) is 6.92 Å². The van der Waals surface area contributed by atoms with Crippen LogP contribution in [0.25, 0.3) is 0 Å². The summed E-state index contributed by atoms with van der Waals surface area (Å²) in [5, 5.41) is 0.226. The zero-order valence-electron chi connectivity index (χ0n) is 9.76. The lowest BCUT2D eigenvalue weighted by Crippen LogP contribution is -2.47. The first-order valence-corrected chi connectivity index (χ1v) is 6.46. The average Bonchev–Trinajstić information content (AvgIpc) is 2.59. The molecule has 0 bridgehead atoms. The predicted octanol–water partition coefficient (Wildman–Crippen LogP) is 0.238. The van der Waals surface area contributed by atoms with Gasteiger partial charge in [0.05, 0.1) is 13.2 Å². The van der Waals surface area contributed by atoms with Gasteiger partial charge in [0.1, 0.15) is 0 Å². The molecule has 2 aliphatic heterocycles. The molecule has 2 fully saturated rings. The van der Waals surface area contributed by atoms with Gasteiger partial charge in [-0.25, -0.2) is 0 Å². The number of morpholine rings is 1. The Morgan fingerprint density at radius 1 is 1.50 bits per heavy atom. The van der Waals surface area contributed by atoms with E-state index in [1.807, 2.05) is 4.90 Å². The monoisotopic (exact) mass is 244 g/mol. The highest BCUT2D eigenvalue weighted by molar-refractivity contribution is 7.81. The Balaban J connectivity index is 1.81. The molecule has 2 aliphatic rings. The van der Waals surface area contributed by atoms with Crippen molar-refractivity contribution in [2.24, 2.45) is 0 Å². The second-order valence-corrected chi connectivity index (χ2v) is 5.38. The molecule has 2 saturated heterocycles. The predicted molar refractivity (Wildman–Crippen MR) is 65.8 cm³/mol. The molecule has 0 radical (unpaired) electrons. The molecular weight excluding hydrogens is 224 g/mol. The SMILES string of the molecule is CC(CN1CC(S)CC1=O)N1CCOCC1. The lowest BCUT2D eigenvalue weighted by molar-refractivity contribution is -0.128. The van der Waals surface area contributed by atoms with Crippen molar-refractivity contribution in [3.05, 3.63) is 0 Å². The van der Waals surface area contributed by atoms with Gasteiger partial charge in [-0.1, -0.05) is 0 Å². The van der Waals surface area contributed by atoms with E-state index in [1.165, 1.54) is 0 Å². The van der Waals surface area contributed by atoms with Gasteiger partial charge in [0.2, 0.25) is 5.91 Å². The maximum atomic E-state index is 11.6. The fraction of sp³-hybridized carbons (Fsp3) is 0.909. The first-order valence-electron chi connectivity index (χ1n) is 5.94. The molecule has 0 N–H and O–H groups in total. The molecule has 2 unspecified atom stereocenters. The highest BCUT2D eigenvalue weighted by Crippen LogP contribution is 2.17. The summed E-state index contributed by atoms with van der Waals surface area (Å²) in [5.41, 5.74) is 0. The second kappa shape index (κ2) is 5.38. The van der Waals surface area contributed by atoms with Gasteiger partial charge in [-0.3, -0.25) is 9.69 Å². The highest BCUT2D eigenvalue weighted by atomic mass is 32.1. The van der Waals surface area contributed by atoms with E-state index in [9.17, 15) is 4.79 Å². The molecule has 2 atom stereocenters.